The van der Waals surface area contributed by atoms with E-state index in [1.54, 1.807) is 0 Å². The van der Waals surface area contributed by atoms with Gasteiger partial charge in [0, 0.05) is 18.6 Å². The Bertz CT molecular complexity index is 145. The third kappa shape index (κ3) is 5.53. The van der Waals surface area contributed by atoms with E-state index < -0.39 is 0 Å². The standard InChI is InChI=1S/C13H30N2/c1-6-9-12(14)13(7-2)15(8-3)10-11(4)5/h11-13H,6-10,14H2,1-5H3. The molecule has 0 aliphatic rings. The smallest absolute Gasteiger partial charge is 0.0244 e. The van der Waals surface area contributed by atoms with Crippen molar-refractivity contribution in [2.75, 3.05) is 13.1 Å². The number of nitrogens with two attached hydrogens (primary N) is 1. The minimum absolute atomic E-state index is 0.346. The second kappa shape index (κ2) is 8.12. The van der Waals surface area contributed by atoms with Crippen LogP contribution in [0.3, 0.4) is 0 Å². The zero-order valence-electron chi connectivity index (χ0n) is 11.3. The van der Waals surface area contributed by atoms with Gasteiger partial charge < -0.3 is 5.73 Å². The molecule has 2 heteroatoms. The molecule has 0 bridgehead atoms. The van der Waals surface area contributed by atoms with E-state index >= 15 is 0 Å². The average molecular weight is 214 g/mol. The lowest BCUT2D eigenvalue weighted by atomic mass is 9.99. The van der Waals surface area contributed by atoms with Crippen molar-refractivity contribution in [3.05, 3.63) is 0 Å². The van der Waals surface area contributed by atoms with E-state index in [-0.39, 0.29) is 0 Å². The highest BCUT2D eigenvalue weighted by Gasteiger charge is 2.21. The molecule has 0 aliphatic carbocycles. The molecule has 0 aromatic rings. The minimum Gasteiger partial charge on any atom is -0.326 e. The van der Waals surface area contributed by atoms with E-state index in [2.05, 4.69) is 39.5 Å². The molecule has 0 rings (SSSR count). The number of rotatable bonds is 8. The number of nitrogens with zero attached hydrogens (tertiary/aromatic N) is 1. The van der Waals surface area contributed by atoms with Crippen LogP contribution >= 0.6 is 0 Å². The van der Waals surface area contributed by atoms with Crippen LogP contribution in [-0.4, -0.2) is 30.1 Å². The lowest BCUT2D eigenvalue weighted by molar-refractivity contribution is 0.152. The molecule has 0 aromatic heterocycles. The summed E-state index contributed by atoms with van der Waals surface area (Å²) in [6, 6.07) is 0.913. The van der Waals surface area contributed by atoms with Crippen molar-refractivity contribution in [3.63, 3.8) is 0 Å². The topological polar surface area (TPSA) is 29.3 Å². The van der Waals surface area contributed by atoms with Gasteiger partial charge in [-0.15, -0.1) is 0 Å². The SMILES string of the molecule is CCCC(N)C(CC)N(CC)CC(C)C. The fraction of sp³-hybridized carbons (Fsp3) is 1.00. The van der Waals surface area contributed by atoms with Crippen LogP contribution in [0.4, 0.5) is 0 Å². The molecule has 0 spiro atoms. The molecule has 0 fully saturated rings. The summed E-state index contributed by atoms with van der Waals surface area (Å²) in [4.78, 5) is 2.55. The first-order valence-corrected chi connectivity index (χ1v) is 6.56. The quantitative estimate of drug-likeness (QED) is 0.673. The summed E-state index contributed by atoms with van der Waals surface area (Å²) < 4.78 is 0. The van der Waals surface area contributed by atoms with Crippen LogP contribution in [0.15, 0.2) is 0 Å². The van der Waals surface area contributed by atoms with Gasteiger partial charge in [0.15, 0.2) is 0 Å². The summed E-state index contributed by atoms with van der Waals surface area (Å²) in [6.45, 7) is 13.6. The van der Waals surface area contributed by atoms with Crippen molar-refractivity contribution >= 4 is 0 Å². The van der Waals surface area contributed by atoms with Gasteiger partial charge in [-0.3, -0.25) is 4.90 Å². The third-order valence-electron chi connectivity index (χ3n) is 3.01. The van der Waals surface area contributed by atoms with Crippen LogP contribution < -0.4 is 5.73 Å². The molecule has 2 unspecified atom stereocenters. The third-order valence-corrected chi connectivity index (χ3v) is 3.01. The van der Waals surface area contributed by atoms with Gasteiger partial charge in [-0.2, -0.15) is 0 Å². The fourth-order valence-corrected chi connectivity index (χ4v) is 2.33. The van der Waals surface area contributed by atoms with E-state index in [0.29, 0.717) is 12.1 Å². The van der Waals surface area contributed by atoms with Gasteiger partial charge in [0.05, 0.1) is 0 Å². The molecule has 2 N–H and O–H groups in total. The van der Waals surface area contributed by atoms with Crippen LogP contribution in [0.2, 0.25) is 0 Å². The Kier molecular flexibility index (Phi) is 8.07. The Morgan fingerprint density at radius 2 is 1.73 bits per heavy atom. The lowest BCUT2D eigenvalue weighted by Crippen LogP contribution is -2.48. The van der Waals surface area contributed by atoms with Crippen molar-refractivity contribution in [2.24, 2.45) is 11.7 Å². The van der Waals surface area contributed by atoms with Gasteiger partial charge >= 0.3 is 0 Å². The predicted molar refractivity (Wildman–Crippen MR) is 69.0 cm³/mol. The van der Waals surface area contributed by atoms with Crippen LogP contribution in [0, 0.1) is 5.92 Å². The highest BCUT2D eigenvalue weighted by molar-refractivity contribution is 4.80. The molecule has 0 heterocycles. The van der Waals surface area contributed by atoms with Gasteiger partial charge in [-0.05, 0) is 25.3 Å². The van der Waals surface area contributed by atoms with Gasteiger partial charge in [0.2, 0.25) is 0 Å². The molecule has 0 saturated carbocycles. The first kappa shape index (κ1) is 14.9. The van der Waals surface area contributed by atoms with E-state index in [0.717, 1.165) is 18.9 Å². The summed E-state index contributed by atoms with van der Waals surface area (Å²) in [6.07, 6.45) is 3.51. The van der Waals surface area contributed by atoms with Crippen molar-refractivity contribution in [2.45, 2.75) is 66.0 Å². The second-order valence-corrected chi connectivity index (χ2v) is 4.91. The summed E-state index contributed by atoms with van der Waals surface area (Å²) in [5, 5.41) is 0. The number of hydrogen-bond donors (Lipinski definition) is 1. The summed E-state index contributed by atoms with van der Waals surface area (Å²) >= 11 is 0. The highest BCUT2D eigenvalue weighted by atomic mass is 15.2. The Hall–Kier alpha value is -0.0800. The Labute approximate surface area is 96.2 Å². The minimum atomic E-state index is 0.346. The molecule has 92 valence electrons. The Balaban J connectivity index is 4.31. The number of hydrogen-bond acceptors (Lipinski definition) is 2. The van der Waals surface area contributed by atoms with Crippen LogP contribution in [0.25, 0.3) is 0 Å². The Morgan fingerprint density at radius 3 is 2.07 bits per heavy atom. The van der Waals surface area contributed by atoms with Crippen molar-refractivity contribution in [1.29, 1.82) is 0 Å². The normalized spacial score (nSPS) is 16.0. The van der Waals surface area contributed by atoms with Gasteiger partial charge in [-0.1, -0.05) is 41.0 Å². The summed E-state index contributed by atoms with van der Waals surface area (Å²) in [7, 11) is 0. The maximum absolute atomic E-state index is 6.25. The first-order chi connectivity index (χ1) is 7.06. The van der Waals surface area contributed by atoms with Gasteiger partial charge in [-0.25, -0.2) is 0 Å². The maximum Gasteiger partial charge on any atom is 0.0244 e. The van der Waals surface area contributed by atoms with E-state index in [4.69, 9.17) is 5.73 Å². The van der Waals surface area contributed by atoms with Crippen LogP contribution in [-0.2, 0) is 0 Å². The van der Waals surface area contributed by atoms with E-state index in [1.807, 2.05) is 0 Å². The zero-order chi connectivity index (χ0) is 11.8. The maximum atomic E-state index is 6.25. The van der Waals surface area contributed by atoms with Crippen molar-refractivity contribution in [3.8, 4) is 0 Å². The van der Waals surface area contributed by atoms with E-state index in [9.17, 15) is 0 Å². The van der Waals surface area contributed by atoms with Crippen molar-refractivity contribution < 1.29 is 0 Å². The zero-order valence-corrected chi connectivity index (χ0v) is 11.3. The van der Waals surface area contributed by atoms with Crippen LogP contribution in [0.1, 0.15) is 53.9 Å². The molecule has 0 saturated heterocycles. The highest BCUT2D eigenvalue weighted by Crippen LogP contribution is 2.13. The first-order valence-electron chi connectivity index (χ1n) is 6.56. The molecule has 15 heavy (non-hydrogen) atoms. The molecule has 0 aromatic carbocycles. The average Bonchev–Trinajstić information content (AvgIpc) is 2.17. The van der Waals surface area contributed by atoms with E-state index in [1.165, 1.54) is 19.4 Å². The molecule has 0 radical (unpaired) electrons. The summed E-state index contributed by atoms with van der Waals surface area (Å²) in [5.74, 6) is 0.729. The number of likely N-dealkylation sites (N-methyl/N-ethyl adjacent to an activating group) is 1. The molecule has 0 aliphatic heterocycles. The monoisotopic (exact) mass is 214 g/mol. The summed E-state index contributed by atoms with van der Waals surface area (Å²) in [5.41, 5.74) is 6.25. The fourth-order valence-electron chi connectivity index (χ4n) is 2.33. The predicted octanol–water partition coefficient (Wildman–Crippen LogP) is 2.87. The molecule has 2 nitrogen and oxygen atoms in total. The molecular formula is C13H30N2. The lowest BCUT2D eigenvalue weighted by Gasteiger charge is -2.35. The molecular weight excluding hydrogens is 184 g/mol. The second-order valence-electron chi connectivity index (χ2n) is 4.91. The van der Waals surface area contributed by atoms with Gasteiger partial charge in [0.25, 0.3) is 0 Å². The largest absolute Gasteiger partial charge is 0.326 e. The van der Waals surface area contributed by atoms with Gasteiger partial charge in [0.1, 0.15) is 0 Å². The molecule has 2 atom stereocenters. The van der Waals surface area contributed by atoms with Crippen LogP contribution in [0.5, 0.6) is 0 Å². The molecule has 0 amide bonds. The Morgan fingerprint density at radius 1 is 1.13 bits per heavy atom. The van der Waals surface area contributed by atoms with Crippen molar-refractivity contribution in [1.82, 2.24) is 4.90 Å².